The zero-order valence-electron chi connectivity index (χ0n) is 7.75. The summed E-state index contributed by atoms with van der Waals surface area (Å²) < 4.78 is 0. The maximum Gasteiger partial charge on any atom is 0.175 e. The van der Waals surface area contributed by atoms with Gasteiger partial charge in [0.1, 0.15) is 6.33 Å². The van der Waals surface area contributed by atoms with Gasteiger partial charge in [-0.1, -0.05) is 18.2 Å². The molecule has 0 aliphatic heterocycles. The highest BCUT2D eigenvalue weighted by Gasteiger charge is 2.14. The lowest BCUT2D eigenvalue weighted by atomic mass is 10.0. The molecule has 0 amide bonds. The van der Waals surface area contributed by atoms with Crippen LogP contribution in [-0.4, -0.2) is 9.97 Å². The number of nitriles is 2. The van der Waals surface area contributed by atoms with Crippen LogP contribution in [0.2, 0.25) is 0 Å². The van der Waals surface area contributed by atoms with Crippen molar-refractivity contribution in [1.29, 1.82) is 10.5 Å². The molecule has 0 saturated heterocycles. The lowest BCUT2D eigenvalue weighted by Crippen LogP contribution is -1.98. The average Bonchev–Trinajstić information content (AvgIpc) is 2.31. The quantitative estimate of drug-likeness (QED) is 0.693. The van der Waals surface area contributed by atoms with Crippen LogP contribution < -0.4 is 0 Å². The molecule has 0 radical (unpaired) electrons. The molecule has 0 bridgehead atoms. The molecule has 0 spiro atoms. The average molecular weight is 194 g/mol. The number of hydrogen-bond acceptors (Lipinski definition) is 4. The summed E-state index contributed by atoms with van der Waals surface area (Å²) in [4.78, 5) is 8.06. The summed E-state index contributed by atoms with van der Waals surface area (Å²) in [5.74, 6) is -0.835. The van der Waals surface area contributed by atoms with Crippen LogP contribution in [-0.2, 0) is 0 Å². The first-order chi connectivity index (χ1) is 7.36. The Labute approximate surface area is 86.4 Å². The van der Waals surface area contributed by atoms with E-state index in [-0.39, 0.29) is 0 Å². The Bertz CT molecular complexity index is 558. The van der Waals surface area contributed by atoms with E-state index in [2.05, 4.69) is 9.97 Å². The molecule has 0 aliphatic rings. The SMILES string of the molecule is N#CC(C#N)c1ncnc2ccccc12. The van der Waals surface area contributed by atoms with E-state index in [1.54, 1.807) is 0 Å². The molecule has 0 unspecified atom stereocenters. The molecule has 1 aromatic heterocycles. The minimum atomic E-state index is -0.835. The normalized spacial score (nSPS) is 9.80. The first-order valence-electron chi connectivity index (χ1n) is 4.35. The predicted octanol–water partition coefficient (Wildman–Crippen LogP) is 1.76. The highest BCUT2D eigenvalue weighted by molar-refractivity contribution is 5.81. The van der Waals surface area contributed by atoms with Crippen molar-refractivity contribution in [1.82, 2.24) is 9.97 Å². The Balaban J connectivity index is 2.73. The molecule has 4 heteroatoms. The first kappa shape index (κ1) is 9.11. The van der Waals surface area contributed by atoms with Gasteiger partial charge in [0.2, 0.25) is 0 Å². The molecule has 70 valence electrons. The van der Waals surface area contributed by atoms with Crippen molar-refractivity contribution < 1.29 is 0 Å². The summed E-state index contributed by atoms with van der Waals surface area (Å²) in [6, 6.07) is 11.1. The van der Waals surface area contributed by atoms with Crippen molar-refractivity contribution >= 4 is 10.9 Å². The van der Waals surface area contributed by atoms with Gasteiger partial charge in [0.05, 0.1) is 23.3 Å². The third-order valence-electron chi connectivity index (χ3n) is 2.11. The molecule has 0 atom stereocenters. The predicted molar refractivity (Wildman–Crippen MR) is 53.5 cm³/mol. The molecule has 1 heterocycles. The largest absolute Gasteiger partial charge is 0.238 e. The van der Waals surface area contributed by atoms with Gasteiger partial charge < -0.3 is 0 Å². The summed E-state index contributed by atoms with van der Waals surface area (Å²) in [5, 5.41) is 18.4. The molecule has 0 aliphatic carbocycles. The number of aromatic nitrogens is 2. The zero-order chi connectivity index (χ0) is 10.7. The van der Waals surface area contributed by atoms with E-state index in [0.29, 0.717) is 5.69 Å². The molecule has 0 fully saturated rings. The van der Waals surface area contributed by atoms with E-state index in [1.165, 1.54) is 6.33 Å². The molecule has 2 rings (SSSR count). The van der Waals surface area contributed by atoms with Crippen LogP contribution in [0.15, 0.2) is 30.6 Å². The van der Waals surface area contributed by atoms with Crippen molar-refractivity contribution in [3.63, 3.8) is 0 Å². The Morgan fingerprint density at radius 3 is 2.53 bits per heavy atom. The van der Waals surface area contributed by atoms with Crippen molar-refractivity contribution in [2.45, 2.75) is 5.92 Å². The van der Waals surface area contributed by atoms with E-state index < -0.39 is 5.92 Å². The summed E-state index contributed by atoms with van der Waals surface area (Å²) in [6.45, 7) is 0. The highest BCUT2D eigenvalue weighted by Crippen LogP contribution is 2.20. The minimum Gasteiger partial charge on any atom is -0.238 e. The number of rotatable bonds is 1. The second-order valence-corrected chi connectivity index (χ2v) is 2.97. The summed E-state index contributed by atoms with van der Waals surface area (Å²) in [7, 11) is 0. The van der Waals surface area contributed by atoms with Crippen LogP contribution in [0.5, 0.6) is 0 Å². The standard InChI is InChI=1S/C11H6N4/c12-5-8(6-13)11-9-3-1-2-4-10(9)14-7-15-11/h1-4,7-8H. The number of nitrogens with zero attached hydrogens (tertiary/aromatic N) is 4. The lowest BCUT2D eigenvalue weighted by Gasteiger charge is -2.03. The fraction of sp³-hybridized carbons (Fsp3) is 0.0909. The van der Waals surface area contributed by atoms with Crippen LogP contribution in [0.25, 0.3) is 10.9 Å². The molecule has 0 N–H and O–H groups in total. The molecule has 15 heavy (non-hydrogen) atoms. The van der Waals surface area contributed by atoms with Gasteiger partial charge in [0.25, 0.3) is 0 Å². The van der Waals surface area contributed by atoms with Crippen molar-refractivity contribution in [3.8, 4) is 12.1 Å². The van der Waals surface area contributed by atoms with Crippen LogP contribution in [0.4, 0.5) is 0 Å². The number of benzene rings is 1. The maximum atomic E-state index is 8.81. The van der Waals surface area contributed by atoms with Crippen LogP contribution in [0, 0.1) is 22.7 Å². The smallest absolute Gasteiger partial charge is 0.175 e. The minimum absolute atomic E-state index is 0.477. The Kier molecular flexibility index (Phi) is 2.26. The van der Waals surface area contributed by atoms with E-state index >= 15 is 0 Å². The Morgan fingerprint density at radius 1 is 1.07 bits per heavy atom. The van der Waals surface area contributed by atoms with Crippen molar-refractivity contribution in [2.75, 3.05) is 0 Å². The van der Waals surface area contributed by atoms with Gasteiger partial charge in [0.15, 0.2) is 5.92 Å². The topological polar surface area (TPSA) is 73.4 Å². The number of fused-ring (bicyclic) bond motifs is 1. The van der Waals surface area contributed by atoms with E-state index in [0.717, 1.165) is 10.9 Å². The summed E-state index contributed by atoms with van der Waals surface area (Å²) in [5.41, 5.74) is 1.23. The second-order valence-electron chi connectivity index (χ2n) is 2.97. The number of para-hydroxylation sites is 1. The zero-order valence-corrected chi connectivity index (χ0v) is 7.75. The summed E-state index contributed by atoms with van der Waals surface area (Å²) >= 11 is 0. The lowest BCUT2D eigenvalue weighted by molar-refractivity contribution is 1.01. The number of hydrogen-bond donors (Lipinski definition) is 0. The van der Waals surface area contributed by atoms with Gasteiger partial charge in [-0.05, 0) is 6.07 Å². The monoisotopic (exact) mass is 194 g/mol. The van der Waals surface area contributed by atoms with Gasteiger partial charge >= 0.3 is 0 Å². The fourth-order valence-electron chi connectivity index (χ4n) is 1.41. The highest BCUT2D eigenvalue weighted by atomic mass is 14.8. The van der Waals surface area contributed by atoms with Gasteiger partial charge in [-0.15, -0.1) is 0 Å². The Morgan fingerprint density at radius 2 is 1.80 bits per heavy atom. The van der Waals surface area contributed by atoms with Gasteiger partial charge in [-0.2, -0.15) is 10.5 Å². The van der Waals surface area contributed by atoms with Crippen LogP contribution >= 0.6 is 0 Å². The Hall–Kier alpha value is -2.46. The third-order valence-corrected chi connectivity index (χ3v) is 2.11. The molecule has 0 saturated carbocycles. The van der Waals surface area contributed by atoms with Crippen molar-refractivity contribution in [2.24, 2.45) is 0 Å². The maximum absolute atomic E-state index is 8.81. The molecular weight excluding hydrogens is 188 g/mol. The summed E-state index contributed by atoms with van der Waals surface area (Å²) in [6.07, 6.45) is 1.37. The third kappa shape index (κ3) is 1.49. The first-order valence-corrected chi connectivity index (χ1v) is 4.35. The van der Waals surface area contributed by atoms with E-state index in [4.69, 9.17) is 10.5 Å². The van der Waals surface area contributed by atoms with Gasteiger partial charge in [0, 0.05) is 5.39 Å². The van der Waals surface area contributed by atoms with Crippen LogP contribution in [0.3, 0.4) is 0 Å². The van der Waals surface area contributed by atoms with E-state index in [1.807, 2.05) is 36.4 Å². The van der Waals surface area contributed by atoms with Crippen LogP contribution in [0.1, 0.15) is 11.6 Å². The van der Waals surface area contributed by atoms with Gasteiger partial charge in [-0.25, -0.2) is 9.97 Å². The van der Waals surface area contributed by atoms with E-state index in [9.17, 15) is 0 Å². The molecular formula is C11H6N4. The molecule has 2 aromatic rings. The fourth-order valence-corrected chi connectivity index (χ4v) is 1.41. The van der Waals surface area contributed by atoms with Gasteiger partial charge in [-0.3, -0.25) is 0 Å². The second kappa shape index (κ2) is 3.73. The van der Waals surface area contributed by atoms with Crippen molar-refractivity contribution in [3.05, 3.63) is 36.3 Å². The molecule has 4 nitrogen and oxygen atoms in total. The molecule has 1 aromatic carbocycles.